The topological polar surface area (TPSA) is 0 Å². The van der Waals surface area contributed by atoms with Crippen molar-refractivity contribution in [1.29, 1.82) is 0 Å². The lowest BCUT2D eigenvalue weighted by Crippen LogP contribution is -2.18. The van der Waals surface area contributed by atoms with Crippen LogP contribution < -0.4 is 0 Å². The molecule has 0 amide bonds. The van der Waals surface area contributed by atoms with Crippen molar-refractivity contribution < 1.29 is 0 Å². The Hall–Kier alpha value is -2.08. The van der Waals surface area contributed by atoms with E-state index in [0.717, 1.165) is 6.42 Å². The first-order chi connectivity index (χ1) is 13.3. The molecule has 1 aromatic carbocycles. The molecule has 3 aliphatic carbocycles. The highest BCUT2D eigenvalue weighted by molar-refractivity contribution is 5.87. The first-order valence-electron chi connectivity index (χ1n) is 10.9. The van der Waals surface area contributed by atoms with Gasteiger partial charge >= 0.3 is 0 Å². The number of fused-ring (bicyclic) bond motifs is 3. The molecule has 1 unspecified atom stereocenters. The average molecular weight is 371 g/mol. The Morgan fingerprint density at radius 3 is 2.39 bits per heavy atom. The van der Waals surface area contributed by atoms with E-state index in [1.54, 1.807) is 5.57 Å². The standard InChI is InChI=1S/C28H34/c1-18(2)26(19(3)4)20-15-16-21(17-20)28(5,6)27-24-13-9-7-11-22(24)23-12-8-10-14-25(23)27/h7-14,16-19,22,26H,15H2,1-6H3. The van der Waals surface area contributed by atoms with Crippen molar-refractivity contribution in [2.24, 2.45) is 23.2 Å². The molecule has 3 aliphatic rings. The summed E-state index contributed by atoms with van der Waals surface area (Å²) in [6, 6.07) is 9.01. The van der Waals surface area contributed by atoms with Gasteiger partial charge in [-0.1, -0.05) is 108 Å². The molecule has 28 heavy (non-hydrogen) atoms. The van der Waals surface area contributed by atoms with Crippen LogP contribution in [0.4, 0.5) is 0 Å². The van der Waals surface area contributed by atoms with Crippen molar-refractivity contribution in [3.63, 3.8) is 0 Å². The van der Waals surface area contributed by atoms with E-state index in [4.69, 9.17) is 0 Å². The SMILES string of the molecule is CC(C)C(C1=CC(C(C)(C)C2=C3C=CC=CC3c3ccccc32)=CC1)C(C)C. The number of benzene rings is 1. The first kappa shape index (κ1) is 19.2. The molecule has 0 aromatic heterocycles. The van der Waals surface area contributed by atoms with Crippen LogP contribution in [0.15, 0.2) is 77.4 Å². The molecule has 0 bridgehead atoms. The van der Waals surface area contributed by atoms with Gasteiger partial charge in [-0.25, -0.2) is 0 Å². The van der Waals surface area contributed by atoms with Crippen molar-refractivity contribution in [3.05, 3.63) is 88.6 Å². The fraction of sp³-hybridized carbons (Fsp3) is 0.429. The zero-order chi connectivity index (χ0) is 20.1. The third-order valence-electron chi connectivity index (χ3n) is 6.99. The highest BCUT2D eigenvalue weighted by Crippen LogP contribution is 2.55. The monoisotopic (exact) mass is 370 g/mol. The zero-order valence-corrected chi connectivity index (χ0v) is 18.3. The van der Waals surface area contributed by atoms with Crippen molar-refractivity contribution in [2.45, 2.75) is 53.9 Å². The lowest BCUT2D eigenvalue weighted by atomic mass is 9.73. The molecule has 0 saturated carbocycles. The van der Waals surface area contributed by atoms with Gasteiger partial charge in [-0.15, -0.1) is 0 Å². The molecule has 0 aliphatic heterocycles. The summed E-state index contributed by atoms with van der Waals surface area (Å²) in [7, 11) is 0. The molecule has 0 fully saturated rings. The van der Waals surface area contributed by atoms with Crippen LogP contribution in [-0.4, -0.2) is 0 Å². The van der Waals surface area contributed by atoms with Gasteiger partial charge in [-0.3, -0.25) is 0 Å². The second kappa shape index (κ2) is 7.07. The van der Waals surface area contributed by atoms with Gasteiger partial charge in [0.05, 0.1) is 0 Å². The van der Waals surface area contributed by atoms with Crippen LogP contribution in [0.2, 0.25) is 0 Å². The lowest BCUT2D eigenvalue weighted by molar-refractivity contribution is 0.334. The van der Waals surface area contributed by atoms with Crippen LogP contribution in [0.25, 0.3) is 5.57 Å². The largest absolute Gasteiger partial charge is 0.0763 e. The van der Waals surface area contributed by atoms with E-state index in [1.807, 2.05) is 0 Å². The summed E-state index contributed by atoms with van der Waals surface area (Å²) in [5.74, 6) is 2.46. The Balaban J connectivity index is 1.77. The summed E-state index contributed by atoms with van der Waals surface area (Å²) in [5.41, 5.74) is 9.04. The highest BCUT2D eigenvalue weighted by Gasteiger charge is 2.39. The highest BCUT2D eigenvalue weighted by atomic mass is 14.4. The molecule has 0 nitrogen and oxygen atoms in total. The summed E-state index contributed by atoms with van der Waals surface area (Å²) in [4.78, 5) is 0. The third-order valence-corrected chi connectivity index (χ3v) is 6.99. The molecule has 1 atom stereocenters. The molecule has 4 rings (SSSR count). The molecule has 0 heterocycles. The summed E-state index contributed by atoms with van der Waals surface area (Å²) >= 11 is 0. The summed E-state index contributed by atoms with van der Waals surface area (Å²) in [6.45, 7) is 14.3. The normalized spacial score (nSPS) is 21.0. The summed E-state index contributed by atoms with van der Waals surface area (Å²) in [6.07, 6.45) is 15.2. The van der Waals surface area contributed by atoms with Crippen LogP contribution in [0, 0.1) is 23.2 Å². The zero-order valence-electron chi connectivity index (χ0n) is 18.3. The van der Waals surface area contributed by atoms with Crippen molar-refractivity contribution >= 4 is 5.57 Å². The Labute approximate surface area is 171 Å². The third kappa shape index (κ3) is 2.98. The van der Waals surface area contributed by atoms with E-state index >= 15 is 0 Å². The van der Waals surface area contributed by atoms with Crippen molar-refractivity contribution in [2.75, 3.05) is 0 Å². The van der Waals surface area contributed by atoms with E-state index < -0.39 is 0 Å². The summed E-state index contributed by atoms with van der Waals surface area (Å²) in [5, 5.41) is 0. The maximum atomic E-state index is 2.54. The lowest BCUT2D eigenvalue weighted by Gasteiger charge is -2.30. The van der Waals surface area contributed by atoms with E-state index in [2.05, 4.69) is 102 Å². The molecule has 1 aromatic rings. The van der Waals surface area contributed by atoms with Gasteiger partial charge in [-0.05, 0) is 52.0 Å². The summed E-state index contributed by atoms with van der Waals surface area (Å²) < 4.78 is 0. The van der Waals surface area contributed by atoms with Gasteiger partial charge in [-0.2, -0.15) is 0 Å². The van der Waals surface area contributed by atoms with E-state index in [-0.39, 0.29) is 5.41 Å². The second-order valence-electron chi connectivity index (χ2n) is 9.86. The van der Waals surface area contributed by atoms with Gasteiger partial charge in [0.15, 0.2) is 0 Å². The molecule has 0 spiro atoms. The number of allylic oxidation sites excluding steroid dienone is 10. The Morgan fingerprint density at radius 2 is 1.68 bits per heavy atom. The fourth-order valence-electron chi connectivity index (χ4n) is 5.88. The first-order valence-corrected chi connectivity index (χ1v) is 10.9. The van der Waals surface area contributed by atoms with Crippen LogP contribution in [0.3, 0.4) is 0 Å². The maximum absolute atomic E-state index is 2.54. The van der Waals surface area contributed by atoms with Crippen LogP contribution in [0.1, 0.15) is 65.0 Å². The number of rotatable bonds is 5. The van der Waals surface area contributed by atoms with Crippen molar-refractivity contribution in [3.8, 4) is 0 Å². The van der Waals surface area contributed by atoms with E-state index in [0.29, 0.717) is 23.7 Å². The number of hydrogen-bond acceptors (Lipinski definition) is 0. The minimum absolute atomic E-state index is 0.00989. The fourth-order valence-corrected chi connectivity index (χ4v) is 5.88. The van der Waals surface area contributed by atoms with Crippen LogP contribution in [0.5, 0.6) is 0 Å². The van der Waals surface area contributed by atoms with Gasteiger partial charge in [0.2, 0.25) is 0 Å². The van der Waals surface area contributed by atoms with Gasteiger partial charge in [0.25, 0.3) is 0 Å². The molecule has 0 saturated heterocycles. The predicted molar refractivity (Wildman–Crippen MR) is 122 cm³/mol. The molecule has 0 radical (unpaired) electrons. The van der Waals surface area contributed by atoms with E-state index in [1.165, 1.54) is 27.8 Å². The van der Waals surface area contributed by atoms with Crippen LogP contribution >= 0.6 is 0 Å². The molecular formula is C28H34. The molecule has 146 valence electrons. The maximum Gasteiger partial charge on any atom is 0.0281 e. The molecular weight excluding hydrogens is 336 g/mol. The van der Waals surface area contributed by atoms with Crippen molar-refractivity contribution in [1.82, 2.24) is 0 Å². The molecule has 0 N–H and O–H groups in total. The smallest absolute Gasteiger partial charge is 0.0281 e. The number of hydrogen-bond donors (Lipinski definition) is 0. The van der Waals surface area contributed by atoms with E-state index in [9.17, 15) is 0 Å². The Kier molecular flexibility index (Phi) is 4.86. The Bertz CT molecular complexity index is 917. The quantitative estimate of drug-likeness (QED) is 0.494. The van der Waals surface area contributed by atoms with Crippen LogP contribution in [-0.2, 0) is 0 Å². The average Bonchev–Trinajstić information content (AvgIpc) is 3.24. The van der Waals surface area contributed by atoms with Gasteiger partial charge < -0.3 is 0 Å². The minimum Gasteiger partial charge on any atom is -0.0763 e. The molecule has 0 heteroatoms. The minimum atomic E-state index is 0.00989. The Morgan fingerprint density at radius 1 is 0.964 bits per heavy atom. The predicted octanol–water partition coefficient (Wildman–Crippen LogP) is 7.87. The second-order valence-corrected chi connectivity index (χ2v) is 9.86. The van der Waals surface area contributed by atoms with Gasteiger partial charge in [0.1, 0.15) is 0 Å². The van der Waals surface area contributed by atoms with Gasteiger partial charge in [0, 0.05) is 11.3 Å².